The third-order valence-corrected chi connectivity index (χ3v) is 1.15. The van der Waals surface area contributed by atoms with Gasteiger partial charge >= 0.3 is 51.4 Å². The first-order chi connectivity index (χ1) is 4.88. The molecule has 0 aliphatic rings. The Balaban J connectivity index is 0. The first-order valence-electron chi connectivity index (χ1n) is 2.74. The fourth-order valence-corrected chi connectivity index (χ4v) is 0.661. The maximum absolute atomic E-state index is 10.1. The topological polar surface area (TPSA) is 67.6 Å². The van der Waals surface area contributed by atoms with Crippen molar-refractivity contribution in [3.05, 3.63) is 41.5 Å². The number of nitrogens with two attached hydrogens (primary N) is 1. The van der Waals surface area contributed by atoms with Gasteiger partial charge in [0.25, 0.3) is 0 Å². The molecule has 0 aliphatic heterocycles. The summed E-state index contributed by atoms with van der Waals surface area (Å²) >= 11 is 0. The number of hydrogen-bond acceptors (Lipinski definition) is 2. The van der Waals surface area contributed by atoms with E-state index >= 15 is 0 Å². The molecule has 0 radical (unpaired) electrons. The minimum Gasteiger partial charge on any atom is -0.693 e. The zero-order valence-electron chi connectivity index (χ0n) is 6.70. The van der Waals surface area contributed by atoms with Crippen molar-refractivity contribution in [1.29, 1.82) is 0 Å². The van der Waals surface area contributed by atoms with Crippen LogP contribution in [0.1, 0.15) is 11.1 Å². The normalized spacial score (nSPS) is 7.33. The smallest absolute Gasteiger partial charge is 0.693 e. The molecule has 1 rings (SSSR count). The molecular weight excluding hydrogens is 181 g/mol. The summed E-state index contributed by atoms with van der Waals surface area (Å²) in [5.41, 5.74) is 0.523. The van der Waals surface area contributed by atoms with Gasteiger partial charge in [-0.2, -0.15) is 0 Å². The fourth-order valence-electron chi connectivity index (χ4n) is 0.661. The summed E-state index contributed by atoms with van der Waals surface area (Å²) in [4.78, 5) is 20.2. The van der Waals surface area contributed by atoms with Crippen LogP contribution in [-0.4, -0.2) is 12.6 Å². The summed E-state index contributed by atoms with van der Waals surface area (Å²) in [5.74, 6) is 0. The van der Waals surface area contributed by atoms with Crippen molar-refractivity contribution < 1.29 is 61.0 Å². The van der Waals surface area contributed by atoms with Crippen molar-refractivity contribution in [2.45, 2.75) is 0 Å². The Morgan fingerprint density at radius 1 is 0.917 bits per heavy atom. The van der Waals surface area contributed by atoms with Gasteiger partial charge < -0.3 is 15.7 Å². The average Bonchev–Trinajstić information content (AvgIpc) is 2.04. The van der Waals surface area contributed by atoms with Gasteiger partial charge in [-0.05, 0) is 12.6 Å². The zero-order chi connectivity index (χ0) is 7.40. The summed E-state index contributed by atoms with van der Waals surface area (Å²) in [7, 11) is 0. The van der Waals surface area contributed by atoms with Crippen molar-refractivity contribution >= 4 is 12.6 Å². The molecule has 0 amide bonds. The molecule has 0 unspecified atom stereocenters. The maximum Gasteiger partial charge on any atom is 1.00 e. The van der Waals surface area contributed by atoms with E-state index in [1.54, 1.807) is 24.7 Å². The van der Waals surface area contributed by atoms with Crippen molar-refractivity contribution in [3.63, 3.8) is 0 Å². The van der Waals surface area contributed by atoms with E-state index in [1.807, 2.05) is 0 Å². The summed E-state index contributed by atoms with van der Waals surface area (Å²) in [6.45, 7) is 0. The molecule has 1 aromatic carbocycles. The van der Waals surface area contributed by atoms with Gasteiger partial charge in [-0.25, -0.2) is 12.1 Å². The molecule has 0 saturated carbocycles. The van der Waals surface area contributed by atoms with Crippen molar-refractivity contribution in [2.75, 3.05) is 0 Å². The molecule has 1 aromatic rings. The molecule has 0 heterocycles. The first kappa shape index (κ1) is 14.7. The SMILES string of the molecule is O=[C-]c1ccccc1[C-]=O.[K+].[NH2-]. The first-order valence-corrected chi connectivity index (χ1v) is 2.74. The minimum atomic E-state index is 0. The molecular formula is C8H6KNO2-2. The van der Waals surface area contributed by atoms with Gasteiger partial charge in [-0.1, -0.05) is 0 Å². The van der Waals surface area contributed by atoms with Crippen LogP contribution in [0.4, 0.5) is 0 Å². The van der Waals surface area contributed by atoms with E-state index in [0.717, 1.165) is 0 Å². The van der Waals surface area contributed by atoms with E-state index in [-0.39, 0.29) is 68.7 Å². The van der Waals surface area contributed by atoms with Crippen LogP contribution < -0.4 is 51.4 Å². The standard InChI is InChI=1S/C8H4O2.K.H2N/c9-5-7-3-1-2-4-8(7)6-10;;/h1-4H;;1H2/q-2;+1;-1. The van der Waals surface area contributed by atoms with Gasteiger partial charge in [0.2, 0.25) is 0 Å². The fraction of sp³-hybridized carbons (Fsp3) is 0. The monoisotopic (exact) mass is 187 g/mol. The molecule has 0 atom stereocenters. The van der Waals surface area contributed by atoms with Gasteiger partial charge in [-0.3, -0.25) is 11.1 Å². The Morgan fingerprint density at radius 3 is 1.50 bits per heavy atom. The molecule has 3 nitrogen and oxygen atoms in total. The van der Waals surface area contributed by atoms with E-state index in [1.165, 1.54) is 12.1 Å². The van der Waals surface area contributed by atoms with E-state index in [0.29, 0.717) is 0 Å². The predicted molar refractivity (Wildman–Crippen MR) is 41.3 cm³/mol. The second-order valence-corrected chi connectivity index (χ2v) is 1.75. The average molecular weight is 187 g/mol. The molecule has 12 heavy (non-hydrogen) atoms. The second-order valence-electron chi connectivity index (χ2n) is 1.75. The molecule has 0 saturated heterocycles. The molecule has 0 fully saturated rings. The summed E-state index contributed by atoms with van der Waals surface area (Å²) in [6, 6.07) is 6.38. The van der Waals surface area contributed by atoms with Crippen LogP contribution in [0.25, 0.3) is 6.15 Å². The van der Waals surface area contributed by atoms with E-state index in [9.17, 15) is 9.59 Å². The van der Waals surface area contributed by atoms with Gasteiger partial charge in [0.05, 0.1) is 0 Å². The Hall–Kier alpha value is 0.156. The summed E-state index contributed by atoms with van der Waals surface area (Å²) in [6.07, 6.45) is 3.27. The van der Waals surface area contributed by atoms with Crippen LogP contribution in [0.5, 0.6) is 0 Å². The van der Waals surface area contributed by atoms with Crippen LogP contribution in [0, 0.1) is 0 Å². The second kappa shape index (κ2) is 7.79. The van der Waals surface area contributed by atoms with Crippen molar-refractivity contribution in [3.8, 4) is 0 Å². The third kappa shape index (κ3) is 3.71. The third-order valence-electron chi connectivity index (χ3n) is 1.15. The van der Waals surface area contributed by atoms with Crippen LogP contribution in [0.2, 0.25) is 0 Å². The molecule has 0 bridgehead atoms. The summed E-state index contributed by atoms with van der Waals surface area (Å²) in [5, 5.41) is 0. The quantitative estimate of drug-likeness (QED) is 0.410. The predicted octanol–water partition coefficient (Wildman–Crippen LogP) is -1.68. The Labute approximate surface area is 114 Å². The van der Waals surface area contributed by atoms with Crippen LogP contribution in [0.15, 0.2) is 24.3 Å². The van der Waals surface area contributed by atoms with Gasteiger partial charge in [-0.15, -0.1) is 12.1 Å². The molecule has 0 aromatic heterocycles. The van der Waals surface area contributed by atoms with Gasteiger partial charge in [0.1, 0.15) is 0 Å². The molecule has 0 aliphatic carbocycles. The number of hydrogen-bond donors (Lipinski definition) is 0. The van der Waals surface area contributed by atoms with E-state index < -0.39 is 0 Å². The minimum absolute atomic E-state index is 0. The Bertz CT molecular complexity index is 236. The van der Waals surface area contributed by atoms with Gasteiger partial charge in [0, 0.05) is 0 Å². The zero-order valence-corrected chi connectivity index (χ0v) is 9.83. The van der Waals surface area contributed by atoms with Gasteiger partial charge in [0.15, 0.2) is 0 Å². The van der Waals surface area contributed by atoms with Crippen LogP contribution >= 0.6 is 0 Å². The molecule has 58 valence electrons. The maximum atomic E-state index is 10.1. The van der Waals surface area contributed by atoms with E-state index in [4.69, 9.17) is 0 Å². The number of rotatable bonds is 2. The largest absolute Gasteiger partial charge is 1.00 e. The number of benzene rings is 1. The Kier molecular flexibility index (Phi) is 9.52. The van der Waals surface area contributed by atoms with Crippen LogP contribution in [0.3, 0.4) is 0 Å². The molecule has 0 spiro atoms. The Morgan fingerprint density at radius 2 is 1.25 bits per heavy atom. The summed E-state index contributed by atoms with van der Waals surface area (Å²) < 4.78 is 0. The number of carbonyl (C=O) groups excluding carboxylic acids is 2. The van der Waals surface area contributed by atoms with Crippen LogP contribution in [-0.2, 0) is 9.59 Å². The van der Waals surface area contributed by atoms with Crippen molar-refractivity contribution in [2.24, 2.45) is 0 Å². The van der Waals surface area contributed by atoms with E-state index in [2.05, 4.69) is 0 Å². The molecule has 4 heteroatoms. The molecule has 2 N–H and O–H groups in total. The van der Waals surface area contributed by atoms with Crippen molar-refractivity contribution in [1.82, 2.24) is 0 Å².